The molecule has 0 saturated heterocycles. The van der Waals surface area contributed by atoms with Gasteiger partial charge in [-0.15, -0.1) is 0 Å². The zero-order valence-corrected chi connectivity index (χ0v) is 11.9. The fourth-order valence-electron chi connectivity index (χ4n) is 3.15. The molecule has 2 aromatic rings. The fourth-order valence-corrected chi connectivity index (χ4v) is 3.15. The number of hydrogen-bond donors (Lipinski definition) is 0. The molecule has 0 unspecified atom stereocenters. The topological polar surface area (TPSA) is 35.1 Å². The number of benzene rings is 1. The molecule has 0 amide bonds. The zero-order valence-electron chi connectivity index (χ0n) is 11.9. The summed E-state index contributed by atoms with van der Waals surface area (Å²) < 4.78 is 9.40. The van der Waals surface area contributed by atoms with E-state index < -0.39 is 0 Å². The van der Waals surface area contributed by atoms with Crippen LogP contribution in [-0.4, -0.2) is 17.1 Å². The number of ether oxygens (including phenoxy) is 1. The number of imidazole rings is 1. The Morgan fingerprint density at radius 1 is 1.35 bits per heavy atom. The summed E-state index contributed by atoms with van der Waals surface area (Å²) in [4.78, 5) is 11.7. The van der Waals surface area contributed by atoms with Gasteiger partial charge in [-0.3, -0.25) is 0 Å². The van der Waals surface area contributed by atoms with Crippen LogP contribution < -0.4 is 4.57 Å². The summed E-state index contributed by atoms with van der Waals surface area (Å²) >= 11 is 0. The molecule has 106 valence electrons. The van der Waals surface area contributed by atoms with Crippen molar-refractivity contribution in [2.45, 2.75) is 45.2 Å². The normalized spacial score (nSPS) is 15.8. The Kier molecular flexibility index (Phi) is 3.72. The highest BCUT2D eigenvalue weighted by Crippen LogP contribution is 2.31. The first kappa shape index (κ1) is 13.2. The minimum atomic E-state index is -0.174. The molecule has 1 fully saturated rings. The summed E-state index contributed by atoms with van der Waals surface area (Å²) in [6.07, 6.45) is 7.15. The lowest BCUT2D eigenvalue weighted by atomic mass is 10.2. The van der Waals surface area contributed by atoms with Crippen LogP contribution in [0, 0.1) is 0 Å². The molecule has 1 aliphatic carbocycles. The van der Waals surface area contributed by atoms with Gasteiger partial charge in [0, 0.05) is 0 Å². The van der Waals surface area contributed by atoms with Crippen LogP contribution in [0.25, 0.3) is 11.0 Å². The van der Waals surface area contributed by atoms with Crippen molar-refractivity contribution in [2.75, 3.05) is 6.61 Å². The maximum atomic E-state index is 11.7. The SMILES string of the molecule is CCOC(=O)C[n+]1cn(C2CCCC2)c2ccccc21. The lowest BCUT2D eigenvalue weighted by molar-refractivity contribution is -0.661. The molecule has 1 aromatic heterocycles. The first-order chi connectivity index (χ1) is 9.79. The quantitative estimate of drug-likeness (QED) is 0.634. The minimum Gasteiger partial charge on any atom is -0.463 e. The standard InChI is InChI=1S/C16H21N2O2/c1-2-20-16(19)11-17-12-18(13-7-3-4-8-13)15-10-6-5-9-14(15)17/h5-6,9-10,12-13H,2-4,7-8,11H2,1H3/q+1. The Labute approximate surface area is 119 Å². The van der Waals surface area contributed by atoms with Crippen LogP contribution in [0.1, 0.15) is 38.6 Å². The van der Waals surface area contributed by atoms with E-state index in [4.69, 9.17) is 4.74 Å². The molecular formula is C16H21N2O2+. The van der Waals surface area contributed by atoms with Crippen LogP contribution in [0.5, 0.6) is 0 Å². The van der Waals surface area contributed by atoms with Crippen LogP contribution >= 0.6 is 0 Å². The summed E-state index contributed by atoms with van der Waals surface area (Å²) in [6.45, 7) is 2.55. The molecule has 0 aliphatic heterocycles. The first-order valence-corrected chi connectivity index (χ1v) is 7.44. The lowest BCUT2D eigenvalue weighted by Gasteiger charge is -2.04. The van der Waals surface area contributed by atoms with Crippen molar-refractivity contribution in [2.24, 2.45) is 0 Å². The van der Waals surface area contributed by atoms with E-state index in [2.05, 4.69) is 29.1 Å². The molecule has 0 N–H and O–H groups in total. The van der Waals surface area contributed by atoms with Gasteiger partial charge in [0.2, 0.25) is 6.33 Å². The van der Waals surface area contributed by atoms with Crippen LogP contribution in [-0.2, 0) is 16.1 Å². The van der Waals surface area contributed by atoms with E-state index in [1.807, 2.05) is 17.6 Å². The van der Waals surface area contributed by atoms with Gasteiger partial charge in [0.15, 0.2) is 17.6 Å². The van der Waals surface area contributed by atoms with Gasteiger partial charge in [-0.05, 0) is 44.7 Å². The van der Waals surface area contributed by atoms with E-state index in [1.54, 1.807) is 0 Å². The Hall–Kier alpha value is -1.84. The van der Waals surface area contributed by atoms with Crippen molar-refractivity contribution in [1.82, 2.24) is 4.57 Å². The third-order valence-electron chi connectivity index (χ3n) is 4.06. The predicted molar refractivity (Wildman–Crippen MR) is 76.3 cm³/mol. The summed E-state index contributed by atoms with van der Waals surface area (Å²) in [5.41, 5.74) is 2.32. The number of rotatable bonds is 4. The molecule has 4 nitrogen and oxygen atoms in total. The van der Waals surface area contributed by atoms with Crippen LogP contribution in [0.4, 0.5) is 0 Å². The maximum Gasteiger partial charge on any atom is 0.348 e. The Morgan fingerprint density at radius 3 is 2.85 bits per heavy atom. The van der Waals surface area contributed by atoms with Crippen LogP contribution in [0.3, 0.4) is 0 Å². The number of hydrogen-bond acceptors (Lipinski definition) is 2. The van der Waals surface area contributed by atoms with Crippen molar-refractivity contribution in [3.63, 3.8) is 0 Å². The second kappa shape index (κ2) is 5.65. The zero-order chi connectivity index (χ0) is 13.9. The van der Waals surface area contributed by atoms with Crippen molar-refractivity contribution in [1.29, 1.82) is 0 Å². The monoisotopic (exact) mass is 273 g/mol. The number of carbonyl (C=O) groups is 1. The maximum absolute atomic E-state index is 11.7. The summed E-state index contributed by atoms with van der Waals surface area (Å²) in [5, 5.41) is 0. The van der Waals surface area contributed by atoms with E-state index in [1.165, 1.54) is 31.2 Å². The second-order valence-electron chi connectivity index (χ2n) is 5.38. The van der Waals surface area contributed by atoms with Crippen LogP contribution in [0.15, 0.2) is 30.6 Å². The van der Waals surface area contributed by atoms with Gasteiger partial charge < -0.3 is 4.74 Å². The Morgan fingerprint density at radius 2 is 2.10 bits per heavy atom. The number of esters is 1. The van der Waals surface area contributed by atoms with Gasteiger partial charge in [-0.25, -0.2) is 13.9 Å². The summed E-state index contributed by atoms with van der Waals surface area (Å²) in [5.74, 6) is -0.174. The van der Waals surface area contributed by atoms with Crippen molar-refractivity contribution in [3.8, 4) is 0 Å². The highest BCUT2D eigenvalue weighted by Gasteiger charge is 2.26. The molecule has 0 spiro atoms. The third kappa shape index (κ3) is 2.42. The van der Waals surface area contributed by atoms with Crippen molar-refractivity contribution in [3.05, 3.63) is 30.6 Å². The van der Waals surface area contributed by atoms with E-state index in [0.29, 0.717) is 12.6 Å². The van der Waals surface area contributed by atoms with Gasteiger partial charge in [0.1, 0.15) is 6.04 Å². The average molecular weight is 273 g/mol. The second-order valence-corrected chi connectivity index (χ2v) is 5.38. The summed E-state index contributed by atoms with van der Waals surface area (Å²) in [6, 6.07) is 8.85. The molecule has 0 bridgehead atoms. The molecule has 1 saturated carbocycles. The van der Waals surface area contributed by atoms with Gasteiger partial charge >= 0.3 is 5.97 Å². The molecule has 4 heteroatoms. The fraction of sp³-hybridized carbons (Fsp3) is 0.500. The Bertz CT molecular complexity index is 612. The van der Waals surface area contributed by atoms with E-state index in [-0.39, 0.29) is 12.5 Å². The predicted octanol–water partition coefficient (Wildman–Crippen LogP) is 2.61. The molecule has 0 radical (unpaired) electrons. The number of aromatic nitrogens is 2. The third-order valence-corrected chi connectivity index (χ3v) is 4.06. The molecule has 1 aliphatic rings. The minimum absolute atomic E-state index is 0.174. The van der Waals surface area contributed by atoms with E-state index >= 15 is 0 Å². The van der Waals surface area contributed by atoms with Gasteiger partial charge in [-0.2, -0.15) is 0 Å². The van der Waals surface area contributed by atoms with Crippen molar-refractivity contribution >= 4 is 17.0 Å². The molecule has 0 atom stereocenters. The van der Waals surface area contributed by atoms with Gasteiger partial charge in [-0.1, -0.05) is 12.1 Å². The number of nitrogens with zero attached hydrogens (tertiary/aromatic N) is 2. The smallest absolute Gasteiger partial charge is 0.348 e. The highest BCUT2D eigenvalue weighted by atomic mass is 16.5. The van der Waals surface area contributed by atoms with E-state index in [9.17, 15) is 4.79 Å². The average Bonchev–Trinajstić information content (AvgIpc) is 3.07. The molecular weight excluding hydrogens is 252 g/mol. The highest BCUT2D eigenvalue weighted by molar-refractivity contribution is 5.73. The molecule has 1 aromatic carbocycles. The number of fused-ring (bicyclic) bond motifs is 1. The van der Waals surface area contributed by atoms with Gasteiger partial charge in [0.05, 0.1) is 6.61 Å². The lowest BCUT2D eigenvalue weighted by Crippen LogP contribution is -2.37. The Balaban J connectivity index is 1.97. The number of para-hydroxylation sites is 2. The number of carbonyl (C=O) groups excluding carboxylic acids is 1. The molecule has 20 heavy (non-hydrogen) atoms. The van der Waals surface area contributed by atoms with Gasteiger partial charge in [0.25, 0.3) is 0 Å². The van der Waals surface area contributed by atoms with Crippen LogP contribution in [0.2, 0.25) is 0 Å². The summed E-state index contributed by atoms with van der Waals surface area (Å²) in [7, 11) is 0. The molecule has 1 heterocycles. The first-order valence-electron chi connectivity index (χ1n) is 7.44. The largest absolute Gasteiger partial charge is 0.463 e. The molecule has 3 rings (SSSR count). The van der Waals surface area contributed by atoms with Crippen molar-refractivity contribution < 1.29 is 14.1 Å². The van der Waals surface area contributed by atoms with E-state index in [0.717, 1.165) is 5.52 Å².